The van der Waals surface area contributed by atoms with Crippen molar-refractivity contribution in [3.63, 3.8) is 0 Å². The minimum atomic E-state index is -0.564. The molecule has 2 rings (SSSR count). The van der Waals surface area contributed by atoms with E-state index in [1.165, 1.54) is 0 Å². The number of nitrogens with one attached hydrogen (secondary N) is 2. The van der Waals surface area contributed by atoms with Crippen molar-refractivity contribution in [2.75, 3.05) is 5.32 Å². The van der Waals surface area contributed by atoms with E-state index in [0.29, 0.717) is 23.2 Å². The lowest BCUT2D eigenvalue weighted by Gasteiger charge is -2.16. The van der Waals surface area contributed by atoms with Gasteiger partial charge < -0.3 is 9.73 Å². The van der Waals surface area contributed by atoms with Crippen LogP contribution in [-0.4, -0.2) is 21.3 Å². The highest BCUT2D eigenvalue weighted by molar-refractivity contribution is 5.93. The van der Waals surface area contributed by atoms with E-state index in [9.17, 15) is 4.79 Å². The van der Waals surface area contributed by atoms with Crippen LogP contribution in [0.25, 0.3) is 0 Å². The summed E-state index contributed by atoms with van der Waals surface area (Å²) in [5, 5.41) is 19.5. The molecule has 112 valence electrons. The molecule has 1 aromatic carbocycles. The predicted octanol–water partition coefficient (Wildman–Crippen LogP) is 2.62. The van der Waals surface area contributed by atoms with Crippen LogP contribution < -0.4 is 10.8 Å². The van der Waals surface area contributed by atoms with Crippen LogP contribution in [0, 0.1) is 0 Å². The minimum Gasteiger partial charge on any atom is -0.407 e. The van der Waals surface area contributed by atoms with Gasteiger partial charge in [0.25, 0.3) is 5.91 Å². The molecule has 1 amide bonds. The van der Waals surface area contributed by atoms with Gasteiger partial charge in [0.2, 0.25) is 5.89 Å². The molecule has 2 aromatic rings. The van der Waals surface area contributed by atoms with E-state index in [1.807, 2.05) is 13.8 Å². The summed E-state index contributed by atoms with van der Waals surface area (Å²) in [5.41, 5.74) is 2.46. The molecule has 0 bridgehead atoms. The molecule has 0 aliphatic heterocycles. The first-order valence-corrected chi connectivity index (χ1v) is 6.62. The molecule has 0 aliphatic rings. The molecular weight excluding hydrogens is 272 g/mol. The third-order valence-electron chi connectivity index (χ3n) is 3.39. The molecule has 7 nitrogen and oxygen atoms in total. The molecule has 0 aliphatic carbocycles. The van der Waals surface area contributed by atoms with Crippen molar-refractivity contribution in [1.82, 2.24) is 15.7 Å². The van der Waals surface area contributed by atoms with E-state index >= 15 is 0 Å². The van der Waals surface area contributed by atoms with E-state index in [1.54, 1.807) is 29.7 Å². The van der Waals surface area contributed by atoms with Crippen LogP contribution in [0.2, 0.25) is 0 Å². The molecule has 1 aromatic heterocycles. The maximum Gasteiger partial charge on any atom is 0.320 e. The van der Waals surface area contributed by atoms with E-state index in [2.05, 4.69) is 22.4 Å². The van der Waals surface area contributed by atoms with Crippen LogP contribution in [0.4, 0.5) is 11.7 Å². The molecule has 0 unspecified atom stereocenters. The molecule has 7 heteroatoms. The first-order chi connectivity index (χ1) is 9.96. The van der Waals surface area contributed by atoms with Gasteiger partial charge in [0.15, 0.2) is 0 Å². The smallest absolute Gasteiger partial charge is 0.320 e. The van der Waals surface area contributed by atoms with Crippen LogP contribution in [0.5, 0.6) is 0 Å². The van der Waals surface area contributed by atoms with Gasteiger partial charge in [0.05, 0.1) is 0 Å². The first-order valence-electron chi connectivity index (χ1n) is 6.62. The van der Waals surface area contributed by atoms with E-state index in [4.69, 9.17) is 9.62 Å². The molecule has 0 saturated carbocycles. The molecule has 0 atom stereocenters. The summed E-state index contributed by atoms with van der Waals surface area (Å²) in [6.07, 6.45) is 0.888. The number of carbonyl (C=O) groups excluding carboxylic acids is 1. The number of anilines is 2. The Hall–Kier alpha value is -2.41. The number of rotatable bonds is 5. The van der Waals surface area contributed by atoms with Crippen molar-refractivity contribution in [2.45, 2.75) is 32.6 Å². The fraction of sp³-hybridized carbons (Fsp3) is 0.357. The zero-order valence-electron chi connectivity index (χ0n) is 12.2. The normalized spacial score (nSPS) is 11.2. The molecule has 0 fully saturated rings. The summed E-state index contributed by atoms with van der Waals surface area (Å²) >= 11 is 0. The summed E-state index contributed by atoms with van der Waals surface area (Å²) in [6, 6.07) is 6.80. The highest BCUT2D eigenvalue weighted by atomic mass is 16.5. The van der Waals surface area contributed by atoms with Crippen LogP contribution in [0.15, 0.2) is 28.7 Å². The molecule has 21 heavy (non-hydrogen) atoms. The Labute approximate surface area is 122 Å². The second-order valence-corrected chi connectivity index (χ2v) is 5.29. The monoisotopic (exact) mass is 290 g/mol. The average molecular weight is 290 g/mol. The van der Waals surface area contributed by atoms with Gasteiger partial charge in [-0.15, -0.1) is 5.10 Å². The van der Waals surface area contributed by atoms with Gasteiger partial charge in [-0.05, 0) is 30.7 Å². The average Bonchev–Trinajstić information content (AvgIpc) is 2.96. The Bertz CT molecular complexity index is 619. The summed E-state index contributed by atoms with van der Waals surface area (Å²) in [6.45, 7) is 6.13. The zero-order chi connectivity index (χ0) is 15.5. The Balaban J connectivity index is 2.10. The maximum atomic E-state index is 11.2. The van der Waals surface area contributed by atoms with Crippen molar-refractivity contribution in [3.8, 4) is 0 Å². The van der Waals surface area contributed by atoms with Gasteiger partial charge in [-0.3, -0.25) is 10.0 Å². The SMILES string of the molecule is CCC(C)(C)c1nnc(Nc2ccc(C(=O)NO)cc2)o1. The number of benzene rings is 1. The molecule has 0 spiro atoms. The fourth-order valence-electron chi connectivity index (χ4n) is 1.59. The second-order valence-electron chi connectivity index (χ2n) is 5.29. The quantitative estimate of drug-likeness (QED) is 0.578. The Kier molecular flexibility index (Phi) is 4.23. The Morgan fingerprint density at radius 2 is 1.95 bits per heavy atom. The number of hydrogen-bond acceptors (Lipinski definition) is 6. The zero-order valence-corrected chi connectivity index (χ0v) is 12.2. The van der Waals surface area contributed by atoms with E-state index < -0.39 is 5.91 Å². The Morgan fingerprint density at radius 3 is 2.52 bits per heavy atom. The van der Waals surface area contributed by atoms with Gasteiger partial charge in [-0.25, -0.2) is 5.48 Å². The summed E-state index contributed by atoms with van der Waals surface area (Å²) in [4.78, 5) is 11.2. The predicted molar refractivity (Wildman–Crippen MR) is 76.6 cm³/mol. The summed E-state index contributed by atoms with van der Waals surface area (Å²) in [5.74, 6) is 0.00935. The third kappa shape index (κ3) is 3.38. The molecule has 3 N–H and O–H groups in total. The number of aromatic nitrogens is 2. The molecule has 1 heterocycles. The third-order valence-corrected chi connectivity index (χ3v) is 3.39. The number of nitrogens with zero attached hydrogens (tertiary/aromatic N) is 2. The van der Waals surface area contributed by atoms with Gasteiger partial charge in [-0.2, -0.15) is 0 Å². The van der Waals surface area contributed by atoms with Crippen molar-refractivity contribution in [2.24, 2.45) is 0 Å². The maximum absolute atomic E-state index is 11.2. The van der Waals surface area contributed by atoms with Crippen molar-refractivity contribution in [1.29, 1.82) is 0 Å². The van der Waals surface area contributed by atoms with Crippen molar-refractivity contribution < 1.29 is 14.4 Å². The number of hydroxylamine groups is 1. The summed E-state index contributed by atoms with van der Waals surface area (Å²) < 4.78 is 5.59. The van der Waals surface area contributed by atoms with Crippen molar-refractivity contribution in [3.05, 3.63) is 35.7 Å². The minimum absolute atomic E-state index is 0.171. The van der Waals surface area contributed by atoms with Crippen molar-refractivity contribution >= 4 is 17.6 Å². The topological polar surface area (TPSA) is 100 Å². The van der Waals surface area contributed by atoms with Crippen LogP contribution in [0.3, 0.4) is 0 Å². The molecular formula is C14H18N4O3. The second kappa shape index (κ2) is 5.92. The van der Waals surface area contributed by atoms with Gasteiger partial charge in [-0.1, -0.05) is 25.9 Å². The number of carbonyl (C=O) groups is 1. The number of amides is 1. The van der Waals surface area contributed by atoms with Crippen LogP contribution in [-0.2, 0) is 5.41 Å². The molecule has 0 saturated heterocycles. The van der Waals surface area contributed by atoms with Gasteiger partial charge in [0.1, 0.15) is 0 Å². The molecule has 0 radical (unpaired) electrons. The van der Waals surface area contributed by atoms with Gasteiger partial charge in [0, 0.05) is 16.7 Å². The van der Waals surface area contributed by atoms with E-state index in [0.717, 1.165) is 6.42 Å². The lowest BCUT2D eigenvalue weighted by Crippen LogP contribution is -2.18. The van der Waals surface area contributed by atoms with E-state index in [-0.39, 0.29) is 5.41 Å². The fourth-order valence-corrected chi connectivity index (χ4v) is 1.59. The lowest BCUT2D eigenvalue weighted by molar-refractivity contribution is 0.0706. The standard InChI is InChI=1S/C14H18N4O3/c1-4-14(2,3)12-16-17-13(21-12)15-10-7-5-9(6-8-10)11(19)18-20/h5-8,20H,4H2,1-3H3,(H,15,17)(H,18,19). The van der Waals surface area contributed by atoms with Crippen LogP contribution in [0.1, 0.15) is 43.4 Å². The Morgan fingerprint density at radius 1 is 1.29 bits per heavy atom. The largest absolute Gasteiger partial charge is 0.407 e. The highest BCUT2D eigenvalue weighted by Crippen LogP contribution is 2.27. The number of hydrogen-bond donors (Lipinski definition) is 3. The highest BCUT2D eigenvalue weighted by Gasteiger charge is 2.25. The van der Waals surface area contributed by atoms with Gasteiger partial charge >= 0.3 is 6.01 Å². The van der Waals surface area contributed by atoms with Crippen LogP contribution >= 0.6 is 0 Å². The lowest BCUT2D eigenvalue weighted by atomic mass is 9.90. The summed E-state index contributed by atoms with van der Waals surface area (Å²) in [7, 11) is 0. The first kappa shape index (κ1) is 15.0.